The van der Waals surface area contributed by atoms with Crippen LogP contribution in [-0.2, 0) is 21.2 Å². The number of piperazine rings is 1. The van der Waals surface area contributed by atoms with E-state index in [0.717, 1.165) is 24.7 Å². The maximum atomic E-state index is 14.2. The Bertz CT molecular complexity index is 1020. The first kappa shape index (κ1) is 22.9. The molecule has 1 saturated heterocycles. The summed E-state index contributed by atoms with van der Waals surface area (Å²) in [4.78, 5) is 17.2. The number of nitrogens with zero attached hydrogens (tertiary/aromatic N) is 2. The standard InChI is InChI=1S/C24H30FN3O3S/c25-21-12-6-7-13-23(21)32(30,31)26-22(18-19-8-2-1-3-9-19)24(29)28-16-14-27(15-17-28)20-10-4-5-11-20/h1-3,6-9,12-13,20,22,26H,4-5,10-11,14-18H2/t22-/m0/s1. The lowest BCUT2D eigenvalue weighted by Gasteiger charge is -2.39. The number of carbonyl (C=O) groups excluding carboxylic acids is 1. The third-order valence-electron chi connectivity index (χ3n) is 6.47. The minimum atomic E-state index is -4.20. The zero-order valence-corrected chi connectivity index (χ0v) is 18.9. The van der Waals surface area contributed by atoms with Crippen LogP contribution in [0.2, 0.25) is 0 Å². The molecule has 8 heteroatoms. The van der Waals surface area contributed by atoms with Crippen LogP contribution in [0, 0.1) is 5.82 Å². The van der Waals surface area contributed by atoms with Crippen molar-refractivity contribution < 1.29 is 17.6 Å². The summed E-state index contributed by atoms with van der Waals surface area (Å²) >= 11 is 0. The van der Waals surface area contributed by atoms with E-state index >= 15 is 0 Å². The quantitative estimate of drug-likeness (QED) is 0.691. The van der Waals surface area contributed by atoms with E-state index in [2.05, 4.69) is 9.62 Å². The summed E-state index contributed by atoms with van der Waals surface area (Å²) in [5.74, 6) is -1.10. The lowest BCUT2D eigenvalue weighted by Crippen LogP contribution is -2.56. The van der Waals surface area contributed by atoms with Crippen molar-refractivity contribution in [1.29, 1.82) is 0 Å². The zero-order valence-electron chi connectivity index (χ0n) is 18.1. The lowest BCUT2D eigenvalue weighted by molar-refractivity contribution is -0.135. The molecule has 6 nitrogen and oxygen atoms in total. The SMILES string of the molecule is O=C([C@H](Cc1ccccc1)NS(=O)(=O)c1ccccc1F)N1CCN(C2CCCC2)CC1. The van der Waals surface area contributed by atoms with Gasteiger partial charge >= 0.3 is 0 Å². The number of rotatable bonds is 7. The van der Waals surface area contributed by atoms with Crippen LogP contribution in [-0.4, -0.2) is 62.4 Å². The van der Waals surface area contributed by atoms with Crippen LogP contribution in [0.1, 0.15) is 31.2 Å². The molecule has 1 amide bonds. The van der Waals surface area contributed by atoms with Gasteiger partial charge in [-0.1, -0.05) is 55.3 Å². The second-order valence-electron chi connectivity index (χ2n) is 8.59. The van der Waals surface area contributed by atoms with Crippen LogP contribution < -0.4 is 4.72 Å². The Morgan fingerprint density at radius 3 is 2.25 bits per heavy atom. The van der Waals surface area contributed by atoms with Gasteiger partial charge in [0.05, 0.1) is 0 Å². The van der Waals surface area contributed by atoms with Crippen molar-refractivity contribution in [2.75, 3.05) is 26.2 Å². The van der Waals surface area contributed by atoms with Gasteiger partial charge in [-0.05, 0) is 37.0 Å². The van der Waals surface area contributed by atoms with E-state index in [9.17, 15) is 17.6 Å². The summed E-state index contributed by atoms with van der Waals surface area (Å²) in [5.41, 5.74) is 0.840. The molecule has 2 aromatic carbocycles. The fraction of sp³-hybridized carbons (Fsp3) is 0.458. The molecular formula is C24H30FN3O3S. The number of carbonyl (C=O) groups is 1. The van der Waals surface area contributed by atoms with Gasteiger partial charge in [-0.2, -0.15) is 4.72 Å². The Kier molecular flexibility index (Phi) is 7.23. The molecule has 4 rings (SSSR count). The molecule has 2 fully saturated rings. The van der Waals surface area contributed by atoms with Crippen molar-refractivity contribution in [3.8, 4) is 0 Å². The molecule has 172 valence electrons. The van der Waals surface area contributed by atoms with Gasteiger partial charge in [0.1, 0.15) is 16.8 Å². The molecule has 0 radical (unpaired) electrons. The van der Waals surface area contributed by atoms with Crippen molar-refractivity contribution in [2.45, 2.75) is 49.1 Å². The topological polar surface area (TPSA) is 69.7 Å². The minimum Gasteiger partial charge on any atom is -0.339 e. The normalized spacial score (nSPS) is 19.2. The van der Waals surface area contributed by atoms with Gasteiger partial charge in [0.25, 0.3) is 0 Å². The molecule has 0 aromatic heterocycles. The van der Waals surface area contributed by atoms with Gasteiger partial charge in [0, 0.05) is 32.2 Å². The van der Waals surface area contributed by atoms with Crippen molar-refractivity contribution >= 4 is 15.9 Å². The molecule has 2 aromatic rings. The summed E-state index contributed by atoms with van der Waals surface area (Å²) in [6, 6.07) is 14.1. The first-order chi connectivity index (χ1) is 15.4. The van der Waals surface area contributed by atoms with Crippen LogP contribution >= 0.6 is 0 Å². The van der Waals surface area contributed by atoms with Crippen LogP contribution in [0.5, 0.6) is 0 Å². The molecule has 1 aliphatic heterocycles. The summed E-state index contributed by atoms with van der Waals surface area (Å²) < 4.78 is 42.6. The molecule has 1 heterocycles. The summed E-state index contributed by atoms with van der Waals surface area (Å²) in [6.07, 6.45) is 5.16. The number of amides is 1. The maximum Gasteiger partial charge on any atom is 0.244 e. The average molecular weight is 460 g/mol. The number of hydrogen-bond donors (Lipinski definition) is 1. The number of hydrogen-bond acceptors (Lipinski definition) is 4. The predicted octanol–water partition coefficient (Wildman–Crippen LogP) is 2.80. The smallest absolute Gasteiger partial charge is 0.244 e. The van der Waals surface area contributed by atoms with Crippen LogP contribution in [0.15, 0.2) is 59.5 Å². The number of sulfonamides is 1. The highest BCUT2D eigenvalue weighted by Crippen LogP contribution is 2.24. The van der Waals surface area contributed by atoms with Gasteiger partial charge in [0.2, 0.25) is 15.9 Å². The highest BCUT2D eigenvalue weighted by atomic mass is 32.2. The minimum absolute atomic E-state index is 0.205. The van der Waals surface area contributed by atoms with E-state index in [0.29, 0.717) is 19.1 Å². The van der Waals surface area contributed by atoms with E-state index in [4.69, 9.17) is 0 Å². The third kappa shape index (κ3) is 5.36. The Labute approximate surface area is 189 Å². The van der Waals surface area contributed by atoms with Gasteiger partial charge in [0.15, 0.2) is 0 Å². The summed E-state index contributed by atoms with van der Waals surface area (Å²) in [7, 11) is -4.20. The van der Waals surface area contributed by atoms with E-state index in [1.54, 1.807) is 4.90 Å². The average Bonchev–Trinajstić information content (AvgIpc) is 3.34. The van der Waals surface area contributed by atoms with Crippen LogP contribution in [0.25, 0.3) is 0 Å². The zero-order chi connectivity index (χ0) is 22.6. The van der Waals surface area contributed by atoms with E-state index < -0.39 is 26.8 Å². The van der Waals surface area contributed by atoms with Crippen LogP contribution in [0.4, 0.5) is 4.39 Å². The molecule has 1 aliphatic carbocycles. The molecule has 0 bridgehead atoms. The Hall–Kier alpha value is -2.29. The second-order valence-corrected chi connectivity index (χ2v) is 10.3. The largest absolute Gasteiger partial charge is 0.339 e. The van der Waals surface area contributed by atoms with Crippen molar-refractivity contribution in [2.24, 2.45) is 0 Å². The highest BCUT2D eigenvalue weighted by molar-refractivity contribution is 7.89. The summed E-state index contributed by atoms with van der Waals surface area (Å²) in [5, 5.41) is 0. The van der Waals surface area contributed by atoms with Gasteiger partial charge in [-0.15, -0.1) is 0 Å². The number of nitrogens with one attached hydrogen (secondary N) is 1. The van der Waals surface area contributed by atoms with Gasteiger partial charge < -0.3 is 4.90 Å². The molecule has 1 N–H and O–H groups in total. The third-order valence-corrected chi connectivity index (χ3v) is 7.98. The van der Waals surface area contributed by atoms with Crippen molar-refractivity contribution in [3.63, 3.8) is 0 Å². The van der Waals surface area contributed by atoms with E-state index in [-0.39, 0.29) is 12.3 Å². The molecular weight excluding hydrogens is 429 g/mol. The predicted molar refractivity (Wildman–Crippen MR) is 121 cm³/mol. The lowest BCUT2D eigenvalue weighted by atomic mass is 10.1. The van der Waals surface area contributed by atoms with Crippen LogP contribution in [0.3, 0.4) is 0 Å². The first-order valence-electron chi connectivity index (χ1n) is 11.3. The Balaban J connectivity index is 1.50. The van der Waals surface area contributed by atoms with Crippen molar-refractivity contribution in [1.82, 2.24) is 14.5 Å². The van der Waals surface area contributed by atoms with E-state index in [1.165, 1.54) is 43.9 Å². The van der Waals surface area contributed by atoms with E-state index in [1.807, 2.05) is 30.3 Å². The first-order valence-corrected chi connectivity index (χ1v) is 12.8. The van der Waals surface area contributed by atoms with Gasteiger partial charge in [-0.3, -0.25) is 9.69 Å². The molecule has 2 aliphatic rings. The number of halogens is 1. The Morgan fingerprint density at radius 1 is 0.969 bits per heavy atom. The van der Waals surface area contributed by atoms with Crippen molar-refractivity contribution in [3.05, 3.63) is 66.0 Å². The Morgan fingerprint density at radius 2 is 1.59 bits per heavy atom. The fourth-order valence-corrected chi connectivity index (χ4v) is 6.01. The molecule has 1 saturated carbocycles. The fourth-order valence-electron chi connectivity index (χ4n) is 4.74. The highest BCUT2D eigenvalue weighted by Gasteiger charge is 2.33. The maximum absolute atomic E-state index is 14.2. The molecule has 0 unspecified atom stereocenters. The number of benzene rings is 2. The molecule has 1 atom stereocenters. The molecule has 0 spiro atoms. The van der Waals surface area contributed by atoms with Gasteiger partial charge in [-0.25, -0.2) is 12.8 Å². The molecule has 32 heavy (non-hydrogen) atoms. The second kappa shape index (κ2) is 10.1. The monoisotopic (exact) mass is 459 g/mol. The summed E-state index contributed by atoms with van der Waals surface area (Å²) in [6.45, 7) is 2.74.